The van der Waals surface area contributed by atoms with Gasteiger partial charge in [0.15, 0.2) is 0 Å². The van der Waals surface area contributed by atoms with Crippen molar-refractivity contribution in [2.24, 2.45) is 0 Å². The van der Waals surface area contributed by atoms with Crippen LogP contribution in [0.3, 0.4) is 0 Å². The number of carbonyl (C=O) groups excluding carboxylic acids is 1. The van der Waals surface area contributed by atoms with Crippen LogP contribution in [-0.2, 0) is 17.8 Å². The summed E-state index contributed by atoms with van der Waals surface area (Å²) in [4.78, 5) is 27.5. The Morgan fingerprint density at radius 1 is 1.25 bits per heavy atom. The molecule has 2 fully saturated rings. The average molecular weight is 383 g/mol. The summed E-state index contributed by atoms with van der Waals surface area (Å²) in [5.74, 6) is 0.920. The smallest absolute Gasteiger partial charge is 0.236 e. The van der Waals surface area contributed by atoms with Gasteiger partial charge in [-0.1, -0.05) is 6.42 Å². The Morgan fingerprint density at radius 2 is 2.07 bits per heavy atom. The number of rotatable bonds is 4. The second-order valence-electron chi connectivity index (χ2n) is 8.32. The molecule has 2 aromatic rings. The number of piperazine rings is 1. The second kappa shape index (κ2) is 7.37. The number of pyridine rings is 1. The van der Waals surface area contributed by atoms with Gasteiger partial charge < -0.3 is 14.6 Å². The predicted molar refractivity (Wildman–Crippen MR) is 107 cm³/mol. The zero-order valence-electron chi connectivity index (χ0n) is 16.6. The minimum Gasteiger partial charge on any atom is -0.481 e. The maximum Gasteiger partial charge on any atom is 0.236 e. The number of nitrogens with zero attached hydrogens (tertiary/aromatic N) is 4. The van der Waals surface area contributed by atoms with Gasteiger partial charge in [0.25, 0.3) is 0 Å². The van der Waals surface area contributed by atoms with Crippen molar-refractivity contribution in [3.8, 4) is 5.88 Å². The maximum atomic E-state index is 12.8. The van der Waals surface area contributed by atoms with E-state index in [1.165, 1.54) is 35.9 Å². The van der Waals surface area contributed by atoms with Gasteiger partial charge in [-0.05, 0) is 24.8 Å². The van der Waals surface area contributed by atoms with E-state index in [4.69, 9.17) is 4.74 Å². The molecule has 150 valence electrons. The Hall–Kier alpha value is -2.12. The van der Waals surface area contributed by atoms with Crippen molar-refractivity contribution in [1.82, 2.24) is 24.7 Å². The van der Waals surface area contributed by atoms with Crippen LogP contribution < -0.4 is 4.74 Å². The molecule has 0 aromatic carbocycles. The topological polar surface area (TPSA) is 64.7 Å². The lowest BCUT2D eigenvalue weighted by Gasteiger charge is -2.43. The predicted octanol–water partition coefficient (Wildman–Crippen LogP) is 1.63. The summed E-state index contributed by atoms with van der Waals surface area (Å²) in [6.45, 7) is 6.06. The van der Waals surface area contributed by atoms with E-state index in [0.717, 1.165) is 57.2 Å². The van der Waals surface area contributed by atoms with Crippen molar-refractivity contribution < 1.29 is 9.53 Å². The van der Waals surface area contributed by atoms with Crippen molar-refractivity contribution >= 4 is 16.8 Å². The molecule has 2 aliphatic heterocycles. The average Bonchev–Trinajstić information content (AvgIpc) is 3.04. The van der Waals surface area contributed by atoms with Crippen molar-refractivity contribution in [1.29, 1.82) is 0 Å². The highest BCUT2D eigenvalue weighted by Gasteiger charge is 2.30. The van der Waals surface area contributed by atoms with Gasteiger partial charge in [-0.3, -0.25) is 14.6 Å². The summed E-state index contributed by atoms with van der Waals surface area (Å²) in [5.41, 5.74) is 3.60. The highest BCUT2D eigenvalue weighted by Crippen LogP contribution is 2.29. The highest BCUT2D eigenvalue weighted by atomic mass is 16.5. The van der Waals surface area contributed by atoms with Crippen LogP contribution in [0, 0.1) is 0 Å². The number of ether oxygens (including phenoxy) is 1. The third-order valence-electron chi connectivity index (χ3n) is 6.74. The highest BCUT2D eigenvalue weighted by molar-refractivity contribution is 5.85. The SMILES string of the molecule is COc1cc2c3c([nH]c2cn1)CN(CC(=O)N1CCN(C2CCC2)CC1)CC3. The Bertz CT molecular complexity index is 867. The van der Waals surface area contributed by atoms with E-state index in [1.54, 1.807) is 7.11 Å². The molecule has 3 aliphatic rings. The number of amides is 1. The molecule has 1 saturated heterocycles. The molecule has 7 nitrogen and oxygen atoms in total. The molecule has 28 heavy (non-hydrogen) atoms. The lowest BCUT2D eigenvalue weighted by molar-refractivity contribution is -0.135. The second-order valence-corrected chi connectivity index (χ2v) is 8.32. The number of aromatic nitrogens is 2. The molecule has 0 unspecified atom stereocenters. The Labute approximate surface area is 165 Å². The minimum atomic E-state index is 0.274. The maximum absolute atomic E-state index is 12.8. The van der Waals surface area contributed by atoms with Crippen molar-refractivity contribution in [3.05, 3.63) is 23.5 Å². The van der Waals surface area contributed by atoms with Gasteiger partial charge >= 0.3 is 0 Å². The molecule has 1 N–H and O–H groups in total. The third-order valence-corrected chi connectivity index (χ3v) is 6.74. The normalized spacial score (nSPS) is 21.5. The molecule has 0 spiro atoms. The van der Waals surface area contributed by atoms with Gasteiger partial charge in [-0.2, -0.15) is 0 Å². The zero-order valence-corrected chi connectivity index (χ0v) is 16.6. The monoisotopic (exact) mass is 383 g/mol. The van der Waals surface area contributed by atoms with Gasteiger partial charge in [0, 0.05) is 62.5 Å². The van der Waals surface area contributed by atoms with Crippen LogP contribution in [0.5, 0.6) is 5.88 Å². The first-order valence-corrected chi connectivity index (χ1v) is 10.5. The van der Waals surface area contributed by atoms with Crippen LogP contribution in [0.4, 0.5) is 0 Å². The van der Waals surface area contributed by atoms with Crippen molar-refractivity contribution in [3.63, 3.8) is 0 Å². The van der Waals surface area contributed by atoms with E-state index in [9.17, 15) is 4.79 Å². The lowest BCUT2D eigenvalue weighted by Crippen LogP contribution is -2.55. The molecule has 5 rings (SSSR count). The molecular weight excluding hydrogens is 354 g/mol. The minimum absolute atomic E-state index is 0.274. The lowest BCUT2D eigenvalue weighted by atomic mass is 9.91. The summed E-state index contributed by atoms with van der Waals surface area (Å²) in [5, 5.41) is 1.19. The van der Waals surface area contributed by atoms with Crippen LogP contribution >= 0.6 is 0 Å². The molecule has 1 saturated carbocycles. The first-order chi connectivity index (χ1) is 13.7. The van der Waals surface area contributed by atoms with Crippen molar-refractivity contribution in [2.75, 3.05) is 46.4 Å². The summed E-state index contributed by atoms with van der Waals surface area (Å²) in [6.07, 6.45) is 6.85. The zero-order chi connectivity index (χ0) is 19.1. The fraction of sp³-hybridized carbons (Fsp3) is 0.619. The fourth-order valence-electron chi connectivity index (χ4n) is 4.81. The first-order valence-electron chi connectivity index (χ1n) is 10.5. The molecule has 7 heteroatoms. The molecule has 4 heterocycles. The third kappa shape index (κ3) is 3.26. The Morgan fingerprint density at radius 3 is 2.79 bits per heavy atom. The van der Waals surface area contributed by atoms with E-state index in [0.29, 0.717) is 12.4 Å². The van der Waals surface area contributed by atoms with E-state index in [1.807, 2.05) is 12.3 Å². The summed E-state index contributed by atoms with van der Waals surface area (Å²) in [6, 6.07) is 2.79. The van der Waals surface area contributed by atoms with Gasteiger partial charge in [-0.15, -0.1) is 0 Å². The number of nitrogens with one attached hydrogen (secondary N) is 1. The summed E-state index contributed by atoms with van der Waals surface area (Å²) < 4.78 is 5.27. The molecular formula is C21H29N5O2. The van der Waals surface area contributed by atoms with Gasteiger partial charge in [0.1, 0.15) is 0 Å². The Balaban J connectivity index is 1.20. The molecule has 1 amide bonds. The molecule has 0 bridgehead atoms. The number of hydrogen-bond acceptors (Lipinski definition) is 5. The van der Waals surface area contributed by atoms with E-state index >= 15 is 0 Å². The van der Waals surface area contributed by atoms with Crippen LogP contribution in [0.1, 0.15) is 30.5 Å². The molecule has 0 radical (unpaired) electrons. The fourth-order valence-corrected chi connectivity index (χ4v) is 4.81. The van der Waals surface area contributed by atoms with Gasteiger partial charge in [-0.25, -0.2) is 4.98 Å². The molecule has 1 aliphatic carbocycles. The van der Waals surface area contributed by atoms with Crippen LogP contribution in [0.15, 0.2) is 12.3 Å². The number of carbonyl (C=O) groups is 1. The van der Waals surface area contributed by atoms with E-state index in [2.05, 4.69) is 24.7 Å². The van der Waals surface area contributed by atoms with Gasteiger partial charge in [0.2, 0.25) is 11.8 Å². The first kappa shape index (κ1) is 17.9. The Kier molecular flexibility index (Phi) is 4.72. The van der Waals surface area contributed by atoms with Gasteiger partial charge in [0.05, 0.1) is 25.4 Å². The number of methoxy groups -OCH3 is 1. The molecule has 0 atom stereocenters. The quantitative estimate of drug-likeness (QED) is 0.869. The van der Waals surface area contributed by atoms with Crippen molar-refractivity contribution in [2.45, 2.75) is 38.3 Å². The molecule has 2 aromatic heterocycles. The van der Waals surface area contributed by atoms with Crippen LogP contribution in [-0.4, -0.2) is 83.0 Å². The summed E-state index contributed by atoms with van der Waals surface area (Å²) in [7, 11) is 1.65. The summed E-state index contributed by atoms with van der Waals surface area (Å²) >= 11 is 0. The number of aromatic amines is 1. The number of fused-ring (bicyclic) bond motifs is 3. The number of hydrogen-bond donors (Lipinski definition) is 1. The van der Waals surface area contributed by atoms with E-state index < -0.39 is 0 Å². The standard InChI is InChI=1S/C21H29N5O2/c1-28-20-11-17-16-5-6-24(13-19(16)23-18(17)12-22-20)14-21(27)26-9-7-25(8-10-26)15-3-2-4-15/h11-12,15,23H,2-10,13-14H2,1H3. The number of H-pyrrole nitrogens is 1. The van der Waals surface area contributed by atoms with Crippen LogP contribution in [0.2, 0.25) is 0 Å². The largest absolute Gasteiger partial charge is 0.481 e. The van der Waals surface area contributed by atoms with E-state index in [-0.39, 0.29) is 5.91 Å². The van der Waals surface area contributed by atoms with Crippen LogP contribution in [0.25, 0.3) is 10.9 Å².